The Kier molecular flexibility index (Phi) is 13.3. The zero-order chi connectivity index (χ0) is 32.5. The van der Waals surface area contributed by atoms with Gasteiger partial charge in [0.05, 0.1) is 14.2 Å². The fourth-order valence-electron chi connectivity index (χ4n) is 5.26. The van der Waals surface area contributed by atoms with Crippen LogP contribution in [0.2, 0.25) is 0 Å². The summed E-state index contributed by atoms with van der Waals surface area (Å²) in [5, 5.41) is 0. The molecule has 6 aromatic rings. The van der Waals surface area contributed by atoms with Crippen molar-refractivity contribution in [3.63, 3.8) is 0 Å². The second-order valence-electron chi connectivity index (χ2n) is 10.5. The monoisotopic (exact) mass is 835 g/mol. The average molecular weight is 836 g/mol. The normalized spacial score (nSPS) is 10.3. The van der Waals surface area contributed by atoms with E-state index in [1.54, 1.807) is 26.0 Å². The molecule has 0 amide bonds. The minimum atomic E-state index is 0. The number of hydrogen-bond donors (Lipinski definition) is 1. The second kappa shape index (κ2) is 17.4. The Morgan fingerprint density at radius 2 is 1.15 bits per heavy atom. The predicted octanol–water partition coefficient (Wildman–Crippen LogP) is 10.2. The van der Waals surface area contributed by atoms with Gasteiger partial charge in [-0.15, -0.1) is 47.2 Å². The molecule has 0 bridgehead atoms. The van der Waals surface area contributed by atoms with Gasteiger partial charge in [-0.2, -0.15) is 12.6 Å². The second-order valence-corrected chi connectivity index (χ2v) is 11.6. The first kappa shape index (κ1) is 36.0. The van der Waals surface area contributed by atoms with Crippen molar-refractivity contribution < 1.29 is 30.5 Å². The maximum Gasteiger partial charge on any atom is 2.00 e. The van der Waals surface area contributed by atoms with E-state index < -0.39 is 0 Å². The van der Waals surface area contributed by atoms with E-state index in [0.717, 1.165) is 61.8 Å². The maximum atomic E-state index is 5.39. The van der Waals surface area contributed by atoms with Gasteiger partial charge in [0.15, 0.2) is 0 Å². The molecule has 0 radical (unpaired) electrons. The Bertz CT molecular complexity index is 1780. The van der Waals surface area contributed by atoms with E-state index in [-0.39, 0.29) is 21.1 Å². The smallest absolute Gasteiger partial charge is 0.540 e. The van der Waals surface area contributed by atoms with Crippen LogP contribution in [0.5, 0.6) is 11.5 Å². The summed E-state index contributed by atoms with van der Waals surface area (Å²) >= 11 is 6.14. The van der Waals surface area contributed by atoms with Crippen LogP contribution in [0.3, 0.4) is 0 Å². The molecule has 0 aliphatic heterocycles. The van der Waals surface area contributed by atoms with Crippen LogP contribution in [0, 0.1) is 26.0 Å². The van der Waals surface area contributed by atoms with Crippen LogP contribution >= 0.6 is 24.4 Å². The van der Waals surface area contributed by atoms with E-state index in [1.807, 2.05) is 79.1 Å². The van der Waals surface area contributed by atoms with Crippen molar-refractivity contribution in [3.8, 4) is 56.3 Å². The van der Waals surface area contributed by atoms with Crippen LogP contribution in [-0.4, -0.2) is 30.4 Å². The van der Waals surface area contributed by atoms with Gasteiger partial charge in [-0.05, 0) is 49.2 Å². The first-order valence-electron chi connectivity index (χ1n) is 14.8. The number of benzene rings is 4. The molecule has 7 heteroatoms. The van der Waals surface area contributed by atoms with E-state index in [9.17, 15) is 0 Å². The molecule has 0 saturated heterocycles. The molecule has 0 aliphatic carbocycles. The number of ether oxygens (including phenoxy) is 2. The number of hydrogen-bond acceptors (Lipinski definition) is 6. The molecule has 2 heterocycles. The third-order valence-electron chi connectivity index (χ3n) is 7.80. The fourth-order valence-corrected chi connectivity index (χ4v) is 6.21. The van der Waals surface area contributed by atoms with Gasteiger partial charge in [-0.1, -0.05) is 106 Å². The van der Waals surface area contributed by atoms with Crippen molar-refractivity contribution >= 4 is 24.4 Å². The molecule has 47 heavy (non-hydrogen) atoms. The summed E-state index contributed by atoms with van der Waals surface area (Å²) in [6.45, 7) is 4.20. The van der Waals surface area contributed by atoms with Crippen LogP contribution in [0.4, 0.5) is 0 Å². The molecule has 0 spiro atoms. The Morgan fingerprint density at radius 1 is 0.681 bits per heavy atom. The standard InChI is InChI=1S/2C20H18NOS.Pt/c1-14-19(23-3)11-12-21-20(14)17-10-9-16(22-2)13-18(17)15-7-5-4-6-8-15;1-14-16(13-23)10-11-21-20(14)18-9-8-17(22-2)12-19(18)15-6-4-3-5-7-15;/h4-9,11-13H,1-3H3;3-8,10-12,23H,13H2,1-2H3;/q2*-1;+2. The van der Waals surface area contributed by atoms with Gasteiger partial charge in [0.2, 0.25) is 0 Å². The summed E-state index contributed by atoms with van der Waals surface area (Å²) in [6, 6.07) is 39.1. The molecule has 6 rings (SSSR count). The minimum Gasteiger partial charge on any atom is -0.540 e. The number of rotatable bonds is 8. The number of methoxy groups -OCH3 is 2. The molecule has 0 N–H and O–H groups in total. The summed E-state index contributed by atoms with van der Waals surface area (Å²) < 4.78 is 10.8. The van der Waals surface area contributed by atoms with Crippen molar-refractivity contribution in [3.05, 3.63) is 138 Å². The number of nitrogens with zero attached hydrogens (tertiary/aromatic N) is 2. The first-order valence-corrected chi connectivity index (χ1v) is 16.7. The van der Waals surface area contributed by atoms with Gasteiger partial charge < -0.3 is 19.4 Å². The van der Waals surface area contributed by atoms with E-state index in [0.29, 0.717) is 5.75 Å². The van der Waals surface area contributed by atoms with Gasteiger partial charge in [-0.3, -0.25) is 0 Å². The Labute approximate surface area is 302 Å². The van der Waals surface area contributed by atoms with Gasteiger partial charge in [-0.25, -0.2) is 0 Å². The van der Waals surface area contributed by atoms with Crippen LogP contribution < -0.4 is 9.47 Å². The molecular formula is C40H36N2O2PtS2. The van der Waals surface area contributed by atoms with Crippen LogP contribution in [0.1, 0.15) is 16.7 Å². The first-order chi connectivity index (χ1) is 22.5. The van der Waals surface area contributed by atoms with Gasteiger partial charge in [0.25, 0.3) is 0 Å². The van der Waals surface area contributed by atoms with Crippen molar-refractivity contribution in [2.24, 2.45) is 0 Å². The summed E-state index contributed by atoms with van der Waals surface area (Å²) in [7, 11) is 3.35. The molecule has 0 aliphatic rings. The third-order valence-corrected chi connectivity index (χ3v) is 9.03. The molecular weight excluding hydrogens is 800 g/mol. The molecule has 0 fully saturated rings. The fraction of sp³-hybridized carbons (Fsp3) is 0.150. The molecule has 0 atom stereocenters. The van der Waals surface area contributed by atoms with Crippen molar-refractivity contribution in [2.45, 2.75) is 24.5 Å². The summed E-state index contributed by atoms with van der Waals surface area (Å²) in [5.74, 6) is 2.28. The molecule has 0 saturated carbocycles. The SMILES string of the molecule is COc1c[c-]c(-c2nccc(CS)c2C)c(-c2ccccc2)c1.COc1c[c-]c(-c2nccc(SC)c2C)c(-c2ccccc2)c1.[Pt+2]. The molecule has 2 aromatic heterocycles. The molecule has 4 nitrogen and oxygen atoms in total. The zero-order valence-corrected chi connectivity index (χ0v) is 31.0. The van der Waals surface area contributed by atoms with Gasteiger partial charge in [0.1, 0.15) is 0 Å². The topological polar surface area (TPSA) is 44.2 Å². The molecule has 4 aromatic carbocycles. The third kappa shape index (κ3) is 8.37. The van der Waals surface area contributed by atoms with Crippen LogP contribution in [-0.2, 0) is 26.8 Å². The van der Waals surface area contributed by atoms with Crippen molar-refractivity contribution in [2.75, 3.05) is 20.5 Å². The Balaban J connectivity index is 0.000000208. The average Bonchev–Trinajstić information content (AvgIpc) is 3.12. The van der Waals surface area contributed by atoms with Crippen LogP contribution in [0.25, 0.3) is 44.8 Å². The quantitative estimate of drug-likeness (QED) is 0.0940. The van der Waals surface area contributed by atoms with E-state index >= 15 is 0 Å². The summed E-state index contributed by atoms with van der Waals surface area (Å²) in [5.41, 5.74) is 11.8. The van der Waals surface area contributed by atoms with Gasteiger partial charge in [0, 0.05) is 34.5 Å². The maximum absolute atomic E-state index is 5.39. The predicted molar refractivity (Wildman–Crippen MR) is 195 cm³/mol. The number of pyridine rings is 2. The van der Waals surface area contributed by atoms with Gasteiger partial charge >= 0.3 is 21.1 Å². The Hall–Kier alpha value is -3.83. The summed E-state index contributed by atoms with van der Waals surface area (Å²) in [6.07, 6.45) is 5.78. The largest absolute Gasteiger partial charge is 2.00 e. The molecule has 0 unspecified atom stereocenters. The number of thiol groups is 1. The van der Waals surface area contributed by atoms with E-state index in [4.69, 9.17) is 9.47 Å². The summed E-state index contributed by atoms with van der Waals surface area (Å²) in [4.78, 5) is 10.4. The Morgan fingerprint density at radius 3 is 1.60 bits per heavy atom. The molecule has 240 valence electrons. The zero-order valence-electron chi connectivity index (χ0n) is 27.0. The number of thioether (sulfide) groups is 1. The van der Waals surface area contributed by atoms with E-state index in [2.05, 4.69) is 85.2 Å². The van der Waals surface area contributed by atoms with Crippen LogP contribution in [0.15, 0.2) is 114 Å². The van der Waals surface area contributed by atoms with Crippen molar-refractivity contribution in [1.29, 1.82) is 0 Å². The number of aromatic nitrogens is 2. The van der Waals surface area contributed by atoms with E-state index in [1.165, 1.54) is 16.0 Å². The minimum absolute atomic E-state index is 0. The van der Waals surface area contributed by atoms with Crippen molar-refractivity contribution in [1.82, 2.24) is 9.97 Å².